The van der Waals surface area contributed by atoms with Crippen LogP contribution in [0.1, 0.15) is 25.9 Å². The van der Waals surface area contributed by atoms with Crippen molar-refractivity contribution in [1.29, 1.82) is 0 Å². The summed E-state index contributed by atoms with van der Waals surface area (Å²) in [4.78, 5) is 20.5. The molecule has 0 radical (unpaired) electrons. The number of aromatic nitrogens is 2. The van der Waals surface area contributed by atoms with E-state index in [2.05, 4.69) is 20.5 Å². The summed E-state index contributed by atoms with van der Waals surface area (Å²) in [5.41, 5.74) is 4.03. The molecule has 0 atom stereocenters. The van der Waals surface area contributed by atoms with Crippen molar-refractivity contribution in [2.24, 2.45) is 5.10 Å². The number of amides is 1. The maximum absolute atomic E-state index is 11.8. The number of carbonyl (C=O) groups excluding carboxylic acids is 1. The Morgan fingerprint density at radius 2 is 2.33 bits per heavy atom. The first-order chi connectivity index (χ1) is 8.66. The monoisotopic (exact) mass is 260 g/mol. The van der Waals surface area contributed by atoms with Gasteiger partial charge < -0.3 is 0 Å². The Balaban J connectivity index is 2.01. The van der Waals surface area contributed by atoms with Gasteiger partial charge in [0.15, 0.2) is 0 Å². The van der Waals surface area contributed by atoms with Crippen LogP contribution in [0.15, 0.2) is 29.6 Å². The fraction of sp³-hybridized carbons (Fsp3) is 0.167. The Hall–Kier alpha value is -2.08. The van der Waals surface area contributed by atoms with Crippen molar-refractivity contribution < 1.29 is 4.79 Å². The summed E-state index contributed by atoms with van der Waals surface area (Å²) < 4.78 is 0. The zero-order valence-electron chi connectivity index (χ0n) is 10.0. The molecule has 6 heteroatoms. The van der Waals surface area contributed by atoms with Crippen molar-refractivity contribution in [1.82, 2.24) is 15.4 Å². The van der Waals surface area contributed by atoms with E-state index in [1.54, 1.807) is 24.7 Å². The van der Waals surface area contributed by atoms with Gasteiger partial charge in [0, 0.05) is 18.0 Å². The number of thiazole rings is 1. The number of carbonyl (C=O) groups is 1. The lowest BCUT2D eigenvalue weighted by Crippen LogP contribution is -2.17. The van der Waals surface area contributed by atoms with Crippen LogP contribution in [0, 0.1) is 13.8 Å². The number of hydrogen-bond donors (Lipinski definition) is 1. The fourth-order valence-electron chi connectivity index (χ4n) is 1.41. The summed E-state index contributed by atoms with van der Waals surface area (Å²) in [6.07, 6.45) is 4.89. The Kier molecular flexibility index (Phi) is 3.78. The lowest BCUT2D eigenvalue weighted by molar-refractivity contribution is 0.0958. The molecule has 92 valence electrons. The number of rotatable bonds is 3. The first-order valence-corrected chi connectivity index (χ1v) is 6.16. The van der Waals surface area contributed by atoms with Gasteiger partial charge in [-0.3, -0.25) is 9.78 Å². The van der Waals surface area contributed by atoms with Gasteiger partial charge in [0.1, 0.15) is 4.88 Å². The summed E-state index contributed by atoms with van der Waals surface area (Å²) in [7, 11) is 0. The van der Waals surface area contributed by atoms with Crippen LogP contribution in [-0.2, 0) is 0 Å². The van der Waals surface area contributed by atoms with Crippen LogP contribution < -0.4 is 5.43 Å². The molecule has 2 rings (SSSR count). The first-order valence-electron chi connectivity index (χ1n) is 5.34. The number of aryl methyl sites for hydroxylation is 2. The molecule has 0 aliphatic heterocycles. The first kappa shape index (κ1) is 12.4. The smallest absolute Gasteiger partial charge is 0.266 e. The van der Waals surface area contributed by atoms with E-state index in [4.69, 9.17) is 0 Å². The third-order valence-electron chi connectivity index (χ3n) is 2.17. The van der Waals surface area contributed by atoms with Gasteiger partial charge >= 0.3 is 0 Å². The number of pyridine rings is 1. The highest BCUT2D eigenvalue weighted by Crippen LogP contribution is 2.16. The third-order valence-corrected chi connectivity index (χ3v) is 3.25. The van der Waals surface area contributed by atoms with Crippen LogP contribution in [0.4, 0.5) is 0 Å². The SMILES string of the molecule is Cc1nc(C)c(C(=O)N/N=C/c2cccnc2)s1. The van der Waals surface area contributed by atoms with Gasteiger partial charge in [-0.25, -0.2) is 10.4 Å². The molecule has 0 fully saturated rings. The van der Waals surface area contributed by atoms with E-state index < -0.39 is 0 Å². The van der Waals surface area contributed by atoms with Crippen LogP contribution in [0.3, 0.4) is 0 Å². The second-order valence-corrected chi connectivity index (χ2v) is 4.84. The van der Waals surface area contributed by atoms with E-state index >= 15 is 0 Å². The molecule has 0 aliphatic rings. The molecule has 2 aromatic rings. The van der Waals surface area contributed by atoms with Crippen LogP contribution >= 0.6 is 11.3 Å². The molecule has 0 spiro atoms. The van der Waals surface area contributed by atoms with E-state index in [0.29, 0.717) is 4.88 Å². The predicted octanol–water partition coefficient (Wildman–Crippen LogP) is 1.92. The molecule has 1 amide bonds. The zero-order chi connectivity index (χ0) is 13.0. The Bertz CT molecular complexity index is 577. The summed E-state index contributed by atoms with van der Waals surface area (Å²) >= 11 is 1.36. The van der Waals surface area contributed by atoms with Gasteiger partial charge in [-0.1, -0.05) is 6.07 Å². The van der Waals surface area contributed by atoms with E-state index in [9.17, 15) is 4.79 Å². The fourth-order valence-corrected chi connectivity index (χ4v) is 2.22. The predicted molar refractivity (Wildman–Crippen MR) is 70.9 cm³/mol. The largest absolute Gasteiger partial charge is 0.283 e. The lowest BCUT2D eigenvalue weighted by Gasteiger charge is -1.96. The van der Waals surface area contributed by atoms with Crippen molar-refractivity contribution in [2.75, 3.05) is 0 Å². The third kappa shape index (κ3) is 2.98. The zero-order valence-corrected chi connectivity index (χ0v) is 10.9. The molecule has 18 heavy (non-hydrogen) atoms. The van der Waals surface area contributed by atoms with Crippen LogP contribution in [-0.4, -0.2) is 22.1 Å². The number of nitrogens with zero attached hydrogens (tertiary/aromatic N) is 3. The number of hydrazone groups is 1. The van der Waals surface area contributed by atoms with Crippen molar-refractivity contribution in [3.63, 3.8) is 0 Å². The van der Waals surface area contributed by atoms with Crippen molar-refractivity contribution >= 4 is 23.5 Å². The maximum atomic E-state index is 11.8. The normalized spacial score (nSPS) is 10.8. The van der Waals surface area contributed by atoms with Crippen LogP contribution in [0.2, 0.25) is 0 Å². The highest BCUT2D eigenvalue weighted by Gasteiger charge is 2.12. The Morgan fingerprint density at radius 1 is 1.50 bits per heavy atom. The molecule has 2 heterocycles. The Labute approximate surface area is 109 Å². The average Bonchev–Trinajstić information content (AvgIpc) is 2.70. The van der Waals surface area contributed by atoms with E-state index in [-0.39, 0.29) is 5.91 Å². The average molecular weight is 260 g/mol. The van der Waals surface area contributed by atoms with Gasteiger partial charge in [-0.2, -0.15) is 5.10 Å². The molecule has 0 aromatic carbocycles. The number of nitrogens with one attached hydrogen (secondary N) is 1. The van der Waals surface area contributed by atoms with Crippen molar-refractivity contribution in [3.8, 4) is 0 Å². The van der Waals surface area contributed by atoms with Gasteiger partial charge in [0.05, 0.1) is 16.9 Å². The van der Waals surface area contributed by atoms with Gasteiger partial charge in [-0.05, 0) is 19.9 Å². The molecular formula is C12H12N4OS. The second kappa shape index (κ2) is 5.50. The molecule has 5 nitrogen and oxygen atoms in total. The molecule has 0 unspecified atom stereocenters. The maximum Gasteiger partial charge on any atom is 0.283 e. The van der Waals surface area contributed by atoms with Gasteiger partial charge in [-0.15, -0.1) is 11.3 Å². The highest BCUT2D eigenvalue weighted by molar-refractivity contribution is 7.13. The number of hydrogen-bond acceptors (Lipinski definition) is 5. The lowest BCUT2D eigenvalue weighted by atomic mass is 10.3. The minimum atomic E-state index is -0.238. The highest BCUT2D eigenvalue weighted by atomic mass is 32.1. The standard InChI is InChI=1S/C12H12N4OS/c1-8-11(18-9(2)15-8)12(17)16-14-7-10-4-3-5-13-6-10/h3-7H,1-2H3,(H,16,17)/b14-7+. The van der Waals surface area contributed by atoms with Gasteiger partial charge in [0.25, 0.3) is 5.91 Å². The molecule has 0 aliphatic carbocycles. The topological polar surface area (TPSA) is 67.2 Å². The summed E-state index contributed by atoms with van der Waals surface area (Å²) in [5, 5.41) is 4.75. The summed E-state index contributed by atoms with van der Waals surface area (Å²) in [6, 6.07) is 3.66. The molecule has 2 aromatic heterocycles. The second-order valence-electron chi connectivity index (χ2n) is 3.63. The van der Waals surface area contributed by atoms with E-state index in [1.165, 1.54) is 11.3 Å². The summed E-state index contributed by atoms with van der Waals surface area (Å²) in [6.45, 7) is 3.68. The van der Waals surface area contributed by atoms with Gasteiger partial charge in [0.2, 0.25) is 0 Å². The van der Waals surface area contributed by atoms with E-state index in [1.807, 2.05) is 19.9 Å². The quantitative estimate of drug-likeness (QED) is 0.677. The van der Waals surface area contributed by atoms with Crippen LogP contribution in [0.5, 0.6) is 0 Å². The molecule has 1 N–H and O–H groups in total. The molecule has 0 saturated heterocycles. The molecular weight excluding hydrogens is 248 g/mol. The van der Waals surface area contributed by atoms with E-state index in [0.717, 1.165) is 16.3 Å². The minimum Gasteiger partial charge on any atom is -0.266 e. The van der Waals surface area contributed by atoms with Crippen molar-refractivity contribution in [2.45, 2.75) is 13.8 Å². The molecule has 0 saturated carbocycles. The van der Waals surface area contributed by atoms with Crippen LogP contribution in [0.25, 0.3) is 0 Å². The minimum absolute atomic E-state index is 0.238. The van der Waals surface area contributed by atoms with Crippen molar-refractivity contribution in [3.05, 3.63) is 45.7 Å². The Morgan fingerprint density at radius 3 is 2.94 bits per heavy atom. The summed E-state index contributed by atoms with van der Waals surface area (Å²) in [5.74, 6) is -0.238. The molecule has 0 bridgehead atoms.